The highest BCUT2D eigenvalue weighted by Gasteiger charge is 2.29. The molecule has 1 aliphatic rings. The number of benzene rings is 2. The zero-order chi connectivity index (χ0) is 17.6. The summed E-state index contributed by atoms with van der Waals surface area (Å²) in [6, 6.07) is 18.1. The van der Waals surface area contributed by atoms with Gasteiger partial charge in [-0.3, -0.25) is 9.69 Å². The van der Waals surface area contributed by atoms with Crippen LogP contribution in [0.2, 0.25) is 0 Å². The van der Waals surface area contributed by atoms with Gasteiger partial charge in [-0.2, -0.15) is 0 Å². The smallest absolute Gasteiger partial charge is 0.321 e. The average molecular weight is 338 g/mol. The Bertz CT molecular complexity index is 694. The second-order valence-corrected chi connectivity index (χ2v) is 6.54. The van der Waals surface area contributed by atoms with Gasteiger partial charge in [-0.05, 0) is 36.1 Å². The molecule has 4 nitrogen and oxygen atoms in total. The lowest BCUT2D eigenvalue weighted by atomic mass is 9.97. The first-order valence-electron chi connectivity index (χ1n) is 9.02. The van der Waals surface area contributed by atoms with E-state index < -0.39 is 12.0 Å². The second kappa shape index (κ2) is 8.17. The first kappa shape index (κ1) is 17.5. The standard InChI is InChI=1S/C21H26N2O2/c1-2-17-8-6-7-9-18(17)16-20(21(24)25)23-14-12-22(13-15-23)19-10-4-3-5-11-19/h3-11,20H,2,12-16H2,1H3,(H,24,25)/t20-/m1/s1. The van der Waals surface area contributed by atoms with E-state index in [1.165, 1.54) is 11.3 Å². The molecular formula is C21H26N2O2. The predicted molar refractivity (Wildman–Crippen MR) is 101 cm³/mol. The molecule has 0 unspecified atom stereocenters. The van der Waals surface area contributed by atoms with Gasteiger partial charge in [0, 0.05) is 31.9 Å². The van der Waals surface area contributed by atoms with E-state index in [1.807, 2.05) is 30.3 Å². The lowest BCUT2D eigenvalue weighted by Crippen LogP contribution is -2.53. The SMILES string of the molecule is CCc1ccccc1C[C@H](C(=O)O)N1CCN(c2ccccc2)CC1. The van der Waals surface area contributed by atoms with Gasteiger partial charge in [0.2, 0.25) is 0 Å². The molecule has 0 aromatic heterocycles. The molecule has 0 bridgehead atoms. The van der Waals surface area contributed by atoms with Gasteiger partial charge in [-0.25, -0.2) is 0 Å². The number of carboxylic acids is 1. The minimum atomic E-state index is -0.723. The van der Waals surface area contributed by atoms with Gasteiger partial charge in [0.15, 0.2) is 0 Å². The summed E-state index contributed by atoms with van der Waals surface area (Å²) in [5.74, 6) is -0.723. The summed E-state index contributed by atoms with van der Waals surface area (Å²) in [5, 5.41) is 9.78. The van der Waals surface area contributed by atoms with Crippen LogP contribution in [0.3, 0.4) is 0 Å². The van der Waals surface area contributed by atoms with E-state index in [0.29, 0.717) is 6.42 Å². The third-order valence-electron chi connectivity index (χ3n) is 5.07. The number of carbonyl (C=O) groups is 1. The van der Waals surface area contributed by atoms with E-state index in [4.69, 9.17) is 0 Å². The van der Waals surface area contributed by atoms with Gasteiger partial charge in [-0.15, -0.1) is 0 Å². The number of anilines is 1. The molecule has 132 valence electrons. The van der Waals surface area contributed by atoms with Crippen LogP contribution in [0, 0.1) is 0 Å². The maximum absolute atomic E-state index is 11.9. The number of rotatable bonds is 6. The minimum absolute atomic E-state index is 0.453. The van der Waals surface area contributed by atoms with Crippen LogP contribution in [0.25, 0.3) is 0 Å². The molecular weight excluding hydrogens is 312 g/mol. The Morgan fingerprint density at radius 1 is 0.960 bits per heavy atom. The van der Waals surface area contributed by atoms with E-state index in [1.54, 1.807) is 0 Å². The van der Waals surface area contributed by atoms with E-state index in [9.17, 15) is 9.90 Å². The molecule has 2 aromatic carbocycles. The minimum Gasteiger partial charge on any atom is -0.480 e. The molecule has 0 spiro atoms. The van der Waals surface area contributed by atoms with Crippen molar-refractivity contribution in [2.24, 2.45) is 0 Å². The highest BCUT2D eigenvalue weighted by molar-refractivity contribution is 5.74. The summed E-state index contributed by atoms with van der Waals surface area (Å²) >= 11 is 0. The zero-order valence-electron chi connectivity index (χ0n) is 14.8. The molecule has 2 aromatic rings. The summed E-state index contributed by atoms with van der Waals surface area (Å²) in [6.07, 6.45) is 1.51. The molecule has 1 saturated heterocycles. The Morgan fingerprint density at radius 2 is 1.56 bits per heavy atom. The fourth-order valence-corrected chi connectivity index (χ4v) is 3.61. The van der Waals surface area contributed by atoms with Gasteiger partial charge >= 0.3 is 5.97 Å². The Balaban J connectivity index is 1.67. The van der Waals surface area contributed by atoms with Gasteiger partial charge < -0.3 is 10.0 Å². The summed E-state index contributed by atoms with van der Waals surface area (Å²) in [7, 11) is 0. The van der Waals surface area contributed by atoms with Crippen LogP contribution < -0.4 is 4.90 Å². The summed E-state index contributed by atoms with van der Waals surface area (Å²) in [4.78, 5) is 16.3. The maximum atomic E-state index is 11.9. The molecule has 1 heterocycles. The second-order valence-electron chi connectivity index (χ2n) is 6.54. The van der Waals surface area contributed by atoms with Gasteiger partial charge in [-0.1, -0.05) is 49.4 Å². The van der Waals surface area contributed by atoms with Crippen LogP contribution in [0.1, 0.15) is 18.1 Å². The summed E-state index contributed by atoms with van der Waals surface area (Å²) in [6.45, 7) is 5.40. The van der Waals surface area contributed by atoms with E-state index in [0.717, 1.165) is 38.2 Å². The van der Waals surface area contributed by atoms with Crippen LogP contribution in [-0.2, 0) is 17.6 Å². The van der Waals surface area contributed by atoms with Crippen molar-refractivity contribution in [2.45, 2.75) is 25.8 Å². The lowest BCUT2D eigenvalue weighted by molar-refractivity contribution is -0.143. The van der Waals surface area contributed by atoms with Crippen LogP contribution >= 0.6 is 0 Å². The number of piperazine rings is 1. The molecule has 0 radical (unpaired) electrons. The van der Waals surface area contributed by atoms with E-state index in [2.05, 4.69) is 41.0 Å². The van der Waals surface area contributed by atoms with Gasteiger partial charge in [0.05, 0.1) is 0 Å². The van der Waals surface area contributed by atoms with Crippen molar-refractivity contribution in [3.63, 3.8) is 0 Å². The van der Waals surface area contributed by atoms with Crippen LogP contribution in [0.5, 0.6) is 0 Å². The van der Waals surface area contributed by atoms with E-state index in [-0.39, 0.29) is 0 Å². The molecule has 1 fully saturated rings. The van der Waals surface area contributed by atoms with Crippen molar-refractivity contribution in [3.8, 4) is 0 Å². The lowest BCUT2D eigenvalue weighted by Gasteiger charge is -2.39. The molecule has 0 aliphatic carbocycles. The van der Waals surface area contributed by atoms with Crippen LogP contribution in [0.15, 0.2) is 54.6 Å². The molecule has 25 heavy (non-hydrogen) atoms. The number of carboxylic acid groups (broad SMARTS) is 1. The largest absolute Gasteiger partial charge is 0.480 e. The zero-order valence-corrected chi connectivity index (χ0v) is 14.8. The number of hydrogen-bond donors (Lipinski definition) is 1. The highest BCUT2D eigenvalue weighted by Crippen LogP contribution is 2.19. The quantitative estimate of drug-likeness (QED) is 0.879. The molecule has 0 amide bonds. The third kappa shape index (κ3) is 4.20. The molecule has 1 atom stereocenters. The number of nitrogens with zero attached hydrogens (tertiary/aromatic N) is 2. The van der Waals surface area contributed by atoms with Crippen molar-refractivity contribution in [3.05, 3.63) is 65.7 Å². The van der Waals surface area contributed by atoms with Crippen molar-refractivity contribution < 1.29 is 9.90 Å². The van der Waals surface area contributed by atoms with Crippen molar-refractivity contribution >= 4 is 11.7 Å². The Labute approximate surface area is 149 Å². The Kier molecular flexibility index (Phi) is 5.71. The first-order chi connectivity index (χ1) is 12.2. The van der Waals surface area contributed by atoms with Crippen LogP contribution in [0.4, 0.5) is 5.69 Å². The Morgan fingerprint density at radius 3 is 2.16 bits per heavy atom. The van der Waals surface area contributed by atoms with E-state index >= 15 is 0 Å². The monoisotopic (exact) mass is 338 g/mol. The van der Waals surface area contributed by atoms with Gasteiger partial charge in [0.1, 0.15) is 6.04 Å². The molecule has 1 aliphatic heterocycles. The number of hydrogen-bond acceptors (Lipinski definition) is 3. The van der Waals surface area contributed by atoms with Crippen molar-refractivity contribution in [1.29, 1.82) is 0 Å². The third-order valence-corrected chi connectivity index (χ3v) is 5.07. The number of aryl methyl sites for hydroxylation is 1. The first-order valence-corrected chi connectivity index (χ1v) is 9.02. The van der Waals surface area contributed by atoms with Crippen LogP contribution in [-0.4, -0.2) is 48.2 Å². The normalized spacial score (nSPS) is 16.6. The molecule has 1 N–H and O–H groups in total. The summed E-state index contributed by atoms with van der Waals surface area (Å²) < 4.78 is 0. The highest BCUT2D eigenvalue weighted by atomic mass is 16.4. The summed E-state index contributed by atoms with van der Waals surface area (Å²) in [5.41, 5.74) is 3.62. The molecule has 3 rings (SSSR count). The topological polar surface area (TPSA) is 43.8 Å². The number of aliphatic carboxylic acids is 1. The molecule has 0 saturated carbocycles. The fourth-order valence-electron chi connectivity index (χ4n) is 3.61. The maximum Gasteiger partial charge on any atom is 0.321 e. The van der Waals surface area contributed by atoms with Crippen molar-refractivity contribution in [1.82, 2.24) is 4.90 Å². The van der Waals surface area contributed by atoms with Gasteiger partial charge in [0.25, 0.3) is 0 Å². The fraction of sp³-hybridized carbons (Fsp3) is 0.381. The average Bonchev–Trinajstić information content (AvgIpc) is 2.67. The number of para-hydroxylation sites is 1. The predicted octanol–water partition coefficient (Wildman–Crippen LogP) is 3.07. The Hall–Kier alpha value is -2.33. The van der Waals surface area contributed by atoms with Crippen molar-refractivity contribution in [2.75, 3.05) is 31.1 Å². The molecule has 4 heteroatoms.